The van der Waals surface area contributed by atoms with E-state index in [0.717, 1.165) is 12.6 Å². The molecule has 0 aromatic heterocycles. The Morgan fingerprint density at radius 3 is 2.94 bits per heavy atom. The normalized spacial score (nSPS) is 25.3. The van der Waals surface area contributed by atoms with Crippen LogP contribution in [0.4, 0.5) is 0 Å². The first-order valence-electron chi connectivity index (χ1n) is 6.56. The highest BCUT2D eigenvalue weighted by Crippen LogP contribution is 2.28. The van der Waals surface area contributed by atoms with E-state index in [-0.39, 0.29) is 0 Å². The molecular weight excluding hydrogens is 308 g/mol. The highest BCUT2D eigenvalue weighted by atomic mass is 79.9. The fraction of sp³-hybridized carbons (Fsp3) is 0.571. The van der Waals surface area contributed by atoms with Crippen molar-refractivity contribution < 1.29 is 0 Å². The third-order valence-electron chi connectivity index (χ3n) is 4.11. The Morgan fingerprint density at radius 1 is 1.28 bits per heavy atom. The predicted octanol–water partition coefficient (Wildman–Crippen LogP) is 3.16. The molecule has 0 spiro atoms. The van der Waals surface area contributed by atoms with Crippen molar-refractivity contribution in [3.05, 3.63) is 33.8 Å². The second-order valence-electron chi connectivity index (χ2n) is 5.15. The molecule has 0 radical (unpaired) electrons. The predicted molar refractivity (Wildman–Crippen MR) is 81.7 cm³/mol. The van der Waals surface area contributed by atoms with Gasteiger partial charge in [0.25, 0.3) is 0 Å². The Hall–Kier alpha value is -0.0300. The summed E-state index contributed by atoms with van der Waals surface area (Å²) < 4.78 is 3.70. The van der Waals surface area contributed by atoms with Gasteiger partial charge in [-0.15, -0.1) is 0 Å². The second-order valence-corrected chi connectivity index (χ2v) is 6.94. The molecule has 0 saturated carbocycles. The van der Waals surface area contributed by atoms with Crippen LogP contribution in [0.5, 0.6) is 0 Å². The number of benzene rings is 1. The van der Waals surface area contributed by atoms with Crippen LogP contribution in [0.1, 0.15) is 17.5 Å². The topological polar surface area (TPSA) is 6.48 Å². The van der Waals surface area contributed by atoms with Gasteiger partial charge in [0, 0.05) is 36.7 Å². The molecule has 2 heterocycles. The molecule has 2 aliphatic heterocycles. The van der Waals surface area contributed by atoms with Gasteiger partial charge in [0.15, 0.2) is 0 Å². The minimum atomic E-state index is 0.754. The number of hydrogen-bond acceptors (Lipinski definition) is 3. The van der Waals surface area contributed by atoms with Gasteiger partial charge in [-0.05, 0) is 42.4 Å². The van der Waals surface area contributed by atoms with E-state index in [4.69, 9.17) is 0 Å². The van der Waals surface area contributed by atoms with E-state index in [0.29, 0.717) is 0 Å². The maximum absolute atomic E-state index is 3.58. The first kappa shape index (κ1) is 13.0. The lowest BCUT2D eigenvalue weighted by Gasteiger charge is -2.33. The van der Waals surface area contributed by atoms with E-state index in [2.05, 4.69) is 49.6 Å². The van der Waals surface area contributed by atoms with E-state index < -0.39 is 0 Å². The van der Waals surface area contributed by atoms with Crippen LogP contribution in [0, 0.1) is 0 Å². The number of halogens is 1. The van der Waals surface area contributed by atoms with Crippen LogP contribution in [0.3, 0.4) is 0 Å². The van der Waals surface area contributed by atoms with Gasteiger partial charge in [0.05, 0.1) is 0 Å². The van der Waals surface area contributed by atoms with Crippen molar-refractivity contribution in [1.82, 2.24) is 9.21 Å². The van der Waals surface area contributed by atoms with Gasteiger partial charge in [0.2, 0.25) is 0 Å². The van der Waals surface area contributed by atoms with E-state index in [1.54, 1.807) is 0 Å². The first-order valence-corrected chi connectivity index (χ1v) is 8.54. The maximum Gasteiger partial charge on any atom is 0.0248 e. The Bertz CT molecular complexity index is 438. The van der Waals surface area contributed by atoms with Gasteiger partial charge in [-0.3, -0.25) is 4.90 Å². The molecule has 1 atom stereocenters. The largest absolute Gasteiger partial charge is 0.294 e. The highest BCUT2D eigenvalue weighted by molar-refractivity contribution is 9.10. The van der Waals surface area contributed by atoms with Gasteiger partial charge >= 0.3 is 0 Å². The summed E-state index contributed by atoms with van der Waals surface area (Å²) in [7, 11) is 0. The van der Waals surface area contributed by atoms with Crippen molar-refractivity contribution in [1.29, 1.82) is 0 Å². The monoisotopic (exact) mass is 326 g/mol. The summed E-state index contributed by atoms with van der Waals surface area (Å²) in [5, 5.41) is 0. The van der Waals surface area contributed by atoms with Crippen molar-refractivity contribution in [2.24, 2.45) is 0 Å². The molecule has 0 aliphatic carbocycles. The Balaban J connectivity index is 1.71. The van der Waals surface area contributed by atoms with Crippen molar-refractivity contribution >= 4 is 27.9 Å². The molecule has 1 fully saturated rings. The summed E-state index contributed by atoms with van der Waals surface area (Å²) in [4.78, 5) is 2.67. The Morgan fingerprint density at radius 2 is 2.17 bits per heavy atom. The fourth-order valence-corrected chi connectivity index (χ4v) is 4.05. The average Bonchev–Trinajstić information content (AvgIpc) is 2.86. The third kappa shape index (κ3) is 2.62. The van der Waals surface area contributed by atoms with Crippen LogP contribution in [-0.4, -0.2) is 41.1 Å². The van der Waals surface area contributed by atoms with Crippen LogP contribution in [0.2, 0.25) is 0 Å². The quantitative estimate of drug-likeness (QED) is 0.771. The number of nitrogens with zero attached hydrogens (tertiary/aromatic N) is 2. The molecule has 4 heteroatoms. The van der Waals surface area contributed by atoms with Crippen molar-refractivity contribution in [2.45, 2.75) is 25.4 Å². The molecule has 0 bridgehead atoms. The smallest absolute Gasteiger partial charge is 0.0248 e. The van der Waals surface area contributed by atoms with Gasteiger partial charge in [-0.1, -0.05) is 33.9 Å². The second kappa shape index (κ2) is 5.53. The van der Waals surface area contributed by atoms with Gasteiger partial charge in [-0.2, -0.15) is 0 Å². The SMILES string of the molecule is CSN1CCC(N2CCc3ccc(Br)cc3C2)C1. The molecule has 1 aromatic carbocycles. The zero-order valence-electron chi connectivity index (χ0n) is 10.7. The van der Waals surface area contributed by atoms with Gasteiger partial charge in [0.1, 0.15) is 0 Å². The summed E-state index contributed by atoms with van der Waals surface area (Å²) in [5.41, 5.74) is 3.05. The van der Waals surface area contributed by atoms with Gasteiger partial charge < -0.3 is 0 Å². The molecule has 2 nitrogen and oxygen atoms in total. The highest BCUT2D eigenvalue weighted by Gasteiger charge is 2.29. The van der Waals surface area contributed by atoms with Crippen molar-refractivity contribution in [3.63, 3.8) is 0 Å². The zero-order valence-corrected chi connectivity index (χ0v) is 13.1. The van der Waals surface area contributed by atoms with Crippen LogP contribution >= 0.6 is 27.9 Å². The average molecular weight is 327 g/mol. The number of hydrogen-bond donors (Lipinski definition) is 0. The van der Waals surface area contributed by atoms with Gasteiger partial charge in [-0.25, -0.2) is 4.31 Å². The molecule has 0 N–H and O–H groups in total. The van der Waals surface area contributed by atoms with Crippen LogP contribution in [0.15, 0.2) is 22.7 Å². The summed E-state index contributed by atoms with van der Waals surface area (Å²) in [6, 6.07) is 7.49. The van der Waals surface area contributed by atoms with E-state index in [1.165, 1.54) is 48.1 Å². The molecule has 18 heavy (non-hydrogen) atoms. The standard InChI is InChI=1S/C14H19BrN2S/c1-18-17-7-5-14(10-17)16-6-4-11-2-3-13(15)8-12(11)9-16/h2-3,8,14H,4-7,9-10H2,1H3. The van der Waals surface area contributed by atoms with E-state index >= 15 is 0 Å². The fourth-order valence-electron chi connectivity index (χ4n) is 3.03. The molecule has 2 aliphatic rings. The maximum atomic E-state index is 3.58. The molecule has 3 rings (SSSR count). The lowest BCUT2D eigenvalue weighted by Crippen LogP contribution is -2.40. The van der Waals surface area contributed by atoms with E-state index in [1.807, 2.05) is 11.9 Å². The van der Waals surface area contributed by atoms with Crippen molar-refractivity contribution in [2.75, 3.05) is 25.9 Å². The first-order chi connectivity index (χ1) is 8.76. The Labute approximate surface area is 122 Å². The number of rotatable bonds is 2. The summed E-state index contributed by atoms with van der Waals surface area (Å²) >= 11 is 5.47. The molecule has 1 unspecified atom stereocenters. The van der Waals surface area contributed by atoms with Crippen LogP contribution in [-0.2, 0) is 13.0 Å². The summed E-state index contributed by atoms with van der Waals surface area (Å²) in [6.45, 7) is 4.82. The number of fused-ring (bicyclic) bond motifs is 1. The lowest BCUT2D eigenvalue weighted by molar-refractivity contribution is 0.186. The third-order valence-corrected chi connectivity index (χ3v) is 5.45. The molecule has 1 saturated heterocycles. The molecule has 98 valence electrons. The molecule has 1 aromatic rings. The minimum Gasteiger partial charge on any atom is -0.294 e. The minimum absolute atomic E-state index is 0.754. The summed E-state index contributed by atoms with van der Waals surface area (Å²) in [6.07, 6.45) is 4.72. The van der Waals surface area contributed by atoms with Crippen LogP contribution < -0.4 is 0 Å². The van der Waals surface area contributed by atoms with Crippen LogP contribution in [0.25, 0.3) is 0 Å². The zero-order chi connectivity index (χ0) is 12.5. The molecule has 0 amide bonds. The van der Waals surface area contributed by atoms with E-state index in [9.17, 15) is 0 Å². The molecular formula is C14H19BrN2S. The Kier molecular flexibility index (Phi) is 3.99. The lowest BCUT2D eigenvalue weighted by atomic mass is 9.98. The van der Waals surface area contributed by atoms with Crippen molar-refractivity contribution in [3.8, 4) is 0 Å². The summed E-state index contributed by atoms with van der Waals surface area (Å²) in [5.74, 6) is 0.